The van der Waals surface area contributed by atoms with Crippen LogP contribution in [0.1, 0.15) is 0 Å². The molecule has 5 N–H and O–H groups in total. The molecule has 0 radical (unpaired) electrons. The summed E-state index contributed by atoms with van der Waals surface area (Å²) in [5.41, 5.74) is 9.83. The Labute approximate surface area is 177 Å². The number of nitrogens with one attached hydrogen (secondary N) is 1. The van der Waals surface area contributed by atoms with Gasteiger partial charge in [0.25, 0.3) is 0 Å². The molecule has 0 amide bonds. The minimum absolute atomic E-state index is 0.0756. The summed E-state index contributed by atoms with van der Waals surface area (Å²) in [5, 5.41) is 0. The number of ether oxygens (including phenoxy) is 6. The van der Waals surface area contributed by atoms with Crippen molar-refractivity contribution in [1.29, 1.82) is 0 Å². The highest BCUT2D eigenvalue weighted by atomic mass is 16.8. The van der Waals surface area contributed by atoms with Crippen LogP contribution in [0.5, 0.6) is 5.75 Å². The molecule has 1 fully saturated rings. The molecule has 11 heteroatoms. The summed E-state index contributed by atoms with van der Waals surface area (Å²) in [7, 11) is 0. The van der Waals surface area contributed by atoms with E-state index in [0.29, 0.717) is 90.6 Å². The molecule has 0 saturated carbocycles. The zero-order chi connectivity index (χ0) is 21.3. The number of hydroxylamine groups is 1. The van der Waals surface area contributed by atoms with Crippen molar-refractivity contribution in [2.24, 2.45) is 5.90 Å². The molecule has 0 bridgehead atoms. The fourth-order valence-electron chi connectivity index (χ4n) is 2.73. The summed E-state index contributed by atoms with van der Waals surface area (Å²) < 4.78 is 33.5. The van der Waals surface area contributed by atoms with Crippen LogP contribution in [0.15, 0.2) is 18.2 Å². The number of hydrogen-bond donors (Lipinski definition) is 3. The normalized spacial score (nSPS) is 19.0. The van der Waals surface area contributed by atoms with Crippen LogP contribution < -0.4 is 26.7 Å². The van der Waals surface area contributed by atoms with E-state index in [1.54, 1.807) is 6.07 Å². The maximum atomic E-state index is 5.92. The third kappa shape index (κ3) is 10.4. The largest absolute Gasteiger partial charge is 0.474 e. The Morgan fingerprint density at radius 2 is 1.30 bits per heavy atom. The highest BCUT2D eigenvalue weighted by Gasteiger charge is 2.13. The fraction of sp³-hybridized carbons (Fsp3) is 0.684. The fourth-order valence-corrected chi connectivity index (χ4v) is 2.73. The van der Waals surface area contributed by atoms with Gasteiger partial charge in [0, 0.05) is 24.8 Å². The van der Waals surface area contributed by atoms with E-state index in [1.165, 1.54) is 0 Å². The smallest absolute Gasteiger partial charge is 0.163 e. The molecular weight excluding hydrogens is 396 g/mol. The first-order valence-corrected chi connectivity index (χ1v) is 10.1. The topological polar surface area (TPSA) is 132 Å². The molecular formula is C19H34N4O7. The van der Waals surface area contributed by atoms with Crippen LogP contribution in [0, 0.1) is 0 Å². The molecule has 1 saturated heterocycles. The van der Waals surface area contributed by atoms with Gasteiger partial charge < -0.3 is 39.1 Å². The lowest BCUT2D eigenvalue weighted by Gasteiger charge is -2.27. The van der Waals surface area contributed by atoms with Gasteiger partial charge in [-0.1, -0.05) is 0 Å². The lowest BCUT2D eigenvalue weighted by atomic mass is 10.2. The number of anilines is 2. The Kier molecular flexibility index (Phi) is 13.1. The zero-order valence-corrected chi connectivity index (χ0v) is 17.4. The van der Waals surface area contributed by atoms with Crippen molar-refractivity contribution < 1.29 is 33.4 Å². The Bertz CT molecular complexity index is 550. The molecule has 0 atom stereocenters. The number of hydrogen-bond acceptors (Lipinski definition) is 11. The van der Waals surface area contributed by atoms with Crippen molar-refractivity contribution in [2.75, 3.05) is 96.5 Å². The van der Waals surface area contributed by atoms with Crippen LogP contribution >= 0.6 is 0 Å². The van der Waals surface area contributed by atoms with Gasteiger partial charge in [-0.05, 0) is 12.1 Å². The Balaban J connectivity index is 1.96. The summed E-state index contributed by atoms with van der Waals surface area (Å²) in [6, 6.07) is 5.49. The lowest BCUT2D eigenvalue weighted by Crippen LogP contribution is -2.32. The second-order valence-electron chi connectivity index (χ2n) is 6.33. The van der Waals surface area contributed by atoms with Gasteiger partial charge in [0.15, 0.2) is 6.73 Å². The third-order valence-electron chi connectivity index (χ3n) is 4.19. The molecule has 172 valence electrons. The molecule has 1 aromatic rings. The standard InChI is InChI=1S/C19H34N4O7/c20-17-1-2-18(19(15-17)29-16-22-30-21)23-3-5-24-7-9-26-11-13-28-14-12-27-10-8-25-6-4-23/h1-2,15,22H,3-14,16,20-21H2. The number of benzene rings is 1. The van der Waals surface area contributed by atoms with E-state index in [-0.39, 0.29) is 6.73 Å². The second-order valence-corrected chi connectivity index (χ2v) is 6.33. The van der Waals surface area contributed by atoms with Crippen LogP contribution in [0.4, 0.5) is 11.4 Å². The van der Waals surface area contributed by atoms with Gasteiger partial charge in [-0.15, -0.1) is 5.48 Å². The summed E-state index contributed by atoms with van der Waals surface area (Å²) >= 11 is 0. The first-order chi connectivity index (χ1) is 14.8. The summed E-state index contributed by atoms with van der Waals surface area (Å²) in [6.45, 7) is 6.61. The summed E-state index contributed by atoms with van der Waals surface area (Å²) in [5.74, 6) is 5.58. The molecule has 1 aliphatic heterocycles. The highest BCUT2D eigenvalue weighted by molar-refractivity contribution is 5.64. The zero-order valence-electron chi connectivity index (χ0n) is 17.4. The number of nitrogens with zero attached hydrogens (tertiary/aromatic N) is 1. The van der Waals surface area contributed by atoms with Gasteiger partial charge in [-0.2, -0.15) is 5.90 Å². The maximum absolute atomic E-state index is 5.92. The molecule has 30 heavy (non-hydrogen) atoms. The molecule has 0 aromatic heterocycles. The van der Waals surface area contributed by atoms with Crippen molar-refractivity contribution in [3.05, 3.63) is 18.2 Å². The van der Waals surface area contributed by atoms with Crippen molar-refractivity contribution in [3.8, 4) is 5.75 Å². The minimum atomic E-state index is 0.0756. The third-order valence-corrected chi connectivity index (χ3v) is 4.19. The average Bonchev–Trinajstić information content (AvgIpc) is 2.74. The van der Waals surface area contributed by atoms with E-state index in [9.17, 15) is 0 Å². The molecule has 2 rings (SSSR count). The number of nitrogen functional groups attached to an aromatic ring is 1. The molecule has 0 unspecified atom stereocenters. The monoisotopic (exact) mass is 430 g/mol. The van der Waals surface area contributed by atoms with E-state index in [4.69, 9.17) is 40.1 Å². The van der Waals surface area contributed by atoms with Gasteiger partial charge in [0.2, 0.25) is 0 Å². The van der Waals surface area contributed by atoms with Crippen molar-refractivity contribution >= 4 is 11.4 Å². The molecule has 11 nitrogen and oxygen atoms in total. The van der Waals surface area contributed by atoms with Crippen LogP contribution in [-0.4, -0.2) is 85.9 Å². The average molecular weight is 431 g/mol. The van der Waals surface area contributed by atoms with Crippen molar-refractivity contribution in [2.45, 2.75) is 0 Å². The lowest BCUT2D eigenvalue weighted by molar-refractivity contribution is -0.0117. The molecule has 0 aliphatic carbocycles. The highest BCUT2D eigenvalue weighted by Crippen LogP contribution is 2.30. The predicted octanol–water partition coefficient (Wildman–Crippen LogP) is -0.0970. The van der Waals surface area contributed by atoms with Crippen LogP contribution in [-0.2, 0) is 28.6 Å². The van der Waals surface area contributed by atoms with Gasteiger partial charge in [-0.3, -0.25) is 0 Å². The first kappa shape index (κ1) is 24.6. The van der Waals surface area contributed by atoms with Crippen molar-refractivity contribution in [1.82, 2.24) is 5.48 Å². The molecule has 1 heterocycles. The molecule has 1 aromatic carbocycles. The second kappa shape index (κ2) is 16.1. The maximum Gasteiger partial charge on any atom is 0.163 e. The Morgan fingerprint density at radius 1 is 0.800 bits per heavy atom. The van der Waals surface area contributed by atoms with E-state index in [0.717, 1.165) is 5.69 Å². The number of rotatable bonds is 5. The van der Waals surface area contributed by atoms with Gasteiger partial charge >= 0.3 is 0 Å². The summed E-state index contributed by atoms with van der Waals surface area (Å²) in [4.78, 5) is 6.46. The minimum Gasteiger partial charge on any atom is -0.474 e. The SMILES string of the molecule is NONCOc1cc(N)ccc1N1CCOCCOCCOCCOCCOCC1. The predicted molar refractivity (Wildman–Crippen MR) is 111 cm³/mol. The van der Waals surface area contributed by atoms with Crippen LogP contribution in [0.25, 0.3) is 0 Å². The van der Waals surface area contributed by atoms with Crippen LogP contribution in [0.2, 0.25) is 0 Å². The van der Waals surface area contributed by atoms with E-state index in [1.807, 2.05) is 12.1 Å². The van der Waals surface area contributed by atoms with Gasteiger partial charge in [0.1, 0.15) is 5.75 Å². The van der Waals surface area contributed by atoms with E-state index in [2.05, 4.69) is 15.3 Å². The van der Waals surface area contributed by atoms with Gasteiger partial charge in [-0.25, -0.2) is 4.94 Å². The van der Waals surface area contributed by atoms with E-state index < -0.39 is 0 Å². The van der Waals surface area contributed by atoms with Crippen LogP contribution in [0.3, 0.4) is 0 Å². The molecule has 1 aliphatic rings. The quantitative estimate of drug-likeness (QED) is 0.250. The Morgan fingerprint density at radius 3 is 1.80 bits per heavy atom. The summed E-state index contributed by atoms with van der Waals surface area (Å²) in [6.07, 6.45) is 0. The van der Waals surface area contributed by atoms with E-state index >= 15 is 0 Å². The number of nitrogens with two attached hydrogens (primary N) is 2. The Hall–Kier alpha value is -1.70. The van der Waals surface area contributed by atoms with Crippen molar-refractivity contribution in [3.63, 3.8) is 0 Å². The van der Waals surface area contributed by atoms with Gasteiger partial charge in [0.05, 0.1) is 71.8 Å². The molecule has 0 spiro atoms. The first-order valence-electron chi connectivity index (χ1n) is 10.1.